The molecule has 1 saturated heterocycles. The highest BCUT2D eigenvalue weighted by molar-refractivity contribution is 5.76. The van der Waals surface area contributed by atoms with Crippen molar-refractivity contribution in [3.8, 4) is 5.75 Å². The number of hydrogen-bond donors (Lipinski definition) is 2. The molecule has 1 aliphatic heterocycles. The number of urea groups is 1. The molecule has 19 heavy (non-hydrogen) atoms. The van der Waals surface area contributed by atoms with E-state index in [1.165, 1.54) is 5.56 Å². The van der Waals surface area contributed by atoms with E-state index < -0.39 is 0 Å². The van der Waals surface area contributed by atoms with E-state index in [-0.39, 0.29) is 6.03 Å². The van der Waals surface area contributed by atoms with Crippen molar-refractivity contribution in [1.29, 1.82) is 0 Å². The second kappa shape index (κ2) is 6.99. The third-order valence-electron chi connectivity index (χ3n) is 3.04. The molecule has 104 valence electrons. The van der Waals surface area contributed by atoms with E-state index in [4.69, 9.17) is 4.74 Å². The monoisotopic (exact) mass is 263 g/mol. The van der Waals surface area contributed by atoms with Crippen molar-refractivity contribution in [2.24, 2.45) is 0 Å². The highest BCUT2D eigenvalue weighted by Crippen LogP contribution is 2.12. The van der Waals surface area contributed by atoms with Crippen molar-refractivity contribution in [2.75, 3.05) is 32.8 Å². The zero-order chi connectivity index (χ0) is 13.5. The van der Waals surface area contributed by atoms with E-state index in [2.05, 4.69) is 16.7 Å². The Balaban J connectivity index is 1.70. The van der Waals surface area contributed by atoms with Crippen LogP contribution in [0.2, 0.25) is 0 Å². The maximum absolute atomic E-state index is 11.3. The molecule has 1 aromatic carbocycles. The van der Waals surface area contributed by atoms with Gasteiger partial charge in [0.05, 0.1) is 6.61 Å². The highest BCUT2D eigenvalue weighted by Gasteiger charge is 2.17. The van der Waals surface area contributed by atoms with Crippen LogP contribution in [-0.4, -0.2) is 43.7 Å². The maximum Gasteiger partial charge on any atom is 0.317 e. The van der Waals surface area contributed by atoms with Gasteiger partial charge in [-0.1, -0.05) is 12.1 Å². The van der Waals surface area contributed by atoms with Crippen LogP contribution < -0.4 is 15.4 Å². The number of benzene rings is 1. The van der Waals surface area contributed by atoms with Gasteiger partial charge < -0.3 is 20.3 Å². The number of hydrogen-bond acceptors (Lipinski definition) is 3. The van der Waals surface area contributed by atoms with E-state index in [1.807, 2.05) is 30.0 Å². The number of nitrogens with one attached hydrogen (secondary N) is 2. The summed E-state index contributed by atoms with van der Waals surface area (Å²) >= 11 is 0. The smallest absolute Gasteiger partial charge is 0.317 e. The molecule has 2 amide bonds. The van der Waals surface area contributed by atoms with Gasteiger partial charge in [-0.15, -0.1) is 0 Å². The molecule has 1 aliphatic rings. The molecule has 0 bridgehead atoms. The fraction of sp³-hybridized carbons (Fsp3) is 0.500. The summed E-state index contributed by atoms with van der Waals surface area (Å²) in [7, 11) is 0. The van der Waals surface area contributed by atoms with E-state index in [9.17, 15) is 4.79 Å². The van der Waals surface area contributed by atoms with Gasteiger partial charge in [0, 0.05) is 32.7 Å². The Morgan fingerprint density at radius 3 is 3.11 bits per heavy atom. The average molecular weight is 263 g/mol. The third kappa shape index (κ3) is 4.13. The second-order valence-corrected chi connectivity index (χ2v) is 4.48. The molecule has 0 unspecified atom stereocenters. The Morgan fingerprint density at radius 2 is 2.37 bits per heavy atom. The number of ether oxygens (including phenoxy) is 1. The molecule has 1 aromatic rings. The number of rotatable bonds is 7. The second-order valence-electron chi connectivity index (χ2n) is 4.48. The predicted octanol–water partition coefficient (Wildman–Crippen LogP) is 1.20. The molecule has 5 heteroatoms. The highest BCUT2D eigenvalue weighted by atomic mass is 16.5. The van der Waals surface area contributed by atoms with Gasteiger partial charge in [-0.2, -0.15) is 0 Å². The van der Waals surface area contributed by atoms with Crippen LogP contribution in [0.1, 0.15) is 12.5 Å². The normalized spacial score (nSPS) is 14.6. The maximum atomic E-state index is 11.3. The lowest BCUT2D eigenvalue weighted by Crippen LogP contribution is -2.34. The summed E-state index contributed by atoms with van der Waals surface area (Å²) in [5, 5.41) is 6.13. The van der Waals surface area contributed by atoms with Crippen LogP contribution in [0.4, 0.5) is 4.79 Å². The lowest BCUT2D eigenvalue weighted by Gasteiger charge is -2.14. The van der Waals surface area contributed by atoms with Gasteiger partial charge in [0.15, 0.2) is 0 Å². The Bertz CT molecular complexity index is 423. The van der Waals surface area contributed by atoms with Crippen molar-refractivity contribution in [1.82, 2.24) is 15.5 Å². The zero-order valence-electron chi connectivity index (χ0n) is 11.3. The predicted molar refractivity (Wildman–Crippen MR) is 74.3 cm³/mol. The average Bonchev–Trinajstić information content (AvgIpc) is 2.81. The molecule has 0 aliphatic carbocycles. The summed E-state index contributed by atoms with van der Waals surface area (Å²) in [4.78, 5) is 13.1. The van der Waals surface area contributed by atoms with E-state index in [1.54, 1.807) is 0 Å². The minimum Gasteiger partial charge on any atom is -0.494 e. The minimum atomic E-state index is 0.0418. The summed E-state index contributed by atoms with van der Waals surface area (Å²) < 4.78 is 5.46. The Kier molecular flexibility index (Phi) is 5.03. The van der Waals surface area contributed by atoms with E-state index >= 15 is 0 Å². The molecule has 2 rings (SSSR count). The van der Waals surface area contributed by atoms with Crippen molar-refractivity contribution in [2.45, 2.75) is 13.5 Å². The molecule has 0 atom stereocenters. The number of nitrogens with zero attached hydrogens (tertiary/aromatic N) is 1. The summed E-state index contributed by atoms with van der Waals surface area (Å²) in [6.07, 6.45) is 0. The summed E-state index contributed by atoms with van der Waals surface area (Å²) in [5.41, 5.74) is 1.19. The lowest BCUT2D eigenvalue weighted by molar-refractivity contribution is 0.217. The molecule has 2 N–H and O–H groups in total. The summed E-state index contributed by atoms with van der Waals surface area (Å²) in [5.74, 6) is 0.903. The minimum absolute atomic E-state index is 0.0418. The summed E-state index contributed by atoms with van der Waals surface area (Å²) in [6.45, 7) is 6.56. The fourth-order valence-corrected chi connectivity index (χ4v) is 2.08. The van der Waals surface area contributed by atoms with E-state index in [0.717, 1.165) is 38.5 Å². The molecule has 5 nitrogen and oxygen atoms in total. The number of carbonyl (C=O) groups is 1. The standard InChI is InChI=1S/C14H21N3O2/c1-2-19-13-5-3-4-12(10-13)11-15-6-8-17-9-7-16-14(17)18/h3-5,10,15H,2,6-9,11H2,1H3,(H,16,18). The first kappa shape index (κ1) is 13.7. The Labute approximate surface area is 113 Å². The molecule has 1 fully saturated rings. The molecular formula is C14H21N3O2. The van der Waals surface area contributed by atoms with Gasteiger partial charge >= 0.3 is 6.03 Å². The van der Waals surface area contributed by atoms with Crippen LogP contribution >= 0.6 is 0 Å². The van der Waals surface area contributed by atoms with Gasteiger partial charge in [-0.25, -0.2) is 4.79 Å². The van der Waals surface area contributed by atoms with Gasteiger partial charge in [-0.3, -0.25) is 0 Å². The molecular weight excluding hydrogens is 242 g/mol. The number of amides is 2. The van der Waals surface area contributed by atoms with Gasteiger partial charge in [0.1, 0.15) is 5.75 Å². The largest absolute Gasteiger partial charge is 0.494 e. The van der Waals surface area contributed by atoms with Crippen LogP contribution in [-0.2, 0) is 6.54 Å². The molecule has 0 spiro atoms. The van der Waals surface area contributed by atoms with Crippen LogP contribution in [0.5, 0.6) is 5.75 Å². The first-order valence-corrected chi connectivity index (χ1v) is 6.75. The van der Waals surface area contributed by atoms with Crippen molar-refractivity contribution >= 4 is 6.03 Å². The Morgan fingerprint density at radius 1 is 1.47 bits per heavy atom. The van der Waals surface area contributed by atoms with Crippen LogP contribution in [0.15, 0.2) is 24.3 Å². The van der Waals surface area contributed by atoms with E-state index in [0.29, 0.717) is 6.61 Å². The lowest BCUT2D eigenvalue weighted by atomic mass is 10.2. The SMILES string of the molecule is CCOc1cccc(CNCCN2CCNC2=O)c1. The van der Waals surface area contributed by atoms with Crippen LogP contribution in [0.3, 0.4) is 0 Å². The van der Waals surface area contributed by atoms with Crippen LogP contribution in [0, 0.1) is 0 Å². The first-order chi connectivity index (χ1) is 9.29. The fourth-order valence-electron chi connectivity index (χ4n) is 2.08. The van der Waals surface area contributed by atoms with Crippen LogP contribution in [0.25, 0.3) is 0 Å². The van der Waals surface area contributed by atoms with Crippen molar-refractivity contribution < 1.29 is 9.53 Å². The van der Waals surface area contributed by atoms with Gasteiger partial charge in [0.2, 0.25) is 0 Å². The summed E-state index contributed by atoms with van der Waals surface area (Å²) in [6, 6.07) is 8.11. The number of carbonyl (C=O) groups excluding carboxylic acids is 1. The molecule has 0 saturated carbocycles. The van der Waals surface area contributed by atoms with Crippen molar-refractivity contribution in [3.63, 3.8) is 0 Å². The topological polar surface area (TPSA) is 53.6 Å². The van der Waals surface area contributed by atoms with Crippen molar-refractivity contribution in [3.05, 3.63) is 29.8 Å². The third-order valence-corrected chi connectivity index (χ3v) is 3.04. The zero-order valence-corrected chi connectivity index (χ0v) is 11.3. The quantitative estimate of drug-likeness (QED) is 0.727. The molecule has 1 heterocycles. The first-order valence-electron chi connectivity index (χ1n) is 6.75. The molecule has 0 aromatic heterocycles. The Hall–Kier alpha value is -1.75. The van der Waals surface area contributed by atoms with Gasteiger partial charge in [-0.05, 0) is 24.6 Å². The van der Waals surface area contributed by atoms with Gasteiger partial charge in [0.25, 0.3) is 0 Å². The molecule has 0 radical (unpaired) electrons.